The summed E-state index contributed by atoms with van der Waals surface area (Å²) in [6.07, 6.45) is 1.38. The van der Waals surface area contributed by atoms with Crippen LogP contribution >= 0.6 is 11.8 Å². The molecule has 18 heavy (non-hydrogen) atoms. The second-order valence-electron chi connectivity index (χ2n) is 3.65. The van der Waals surface area contributed by atoms with Crippen LogP contribution in [0.1, 0.15) is 21.7 Å². The largest absolute Gasteiger partial charge is 0.478 e. The topological polar surface area (TPSA) is 70.7 Å². The molecule has 0 bridgehead atoms. The molecule has 94 valence electrons. The number of hydrogen-bond donors (Lipinski definition) is 2. The molecule has 0 aliphatic rings. The van der Waals surface area contributed by atoms with Crippen molar-refractivity contribution in [2.75, 3.05) is 0 Å². The first-order valence-electron chi connectivity index (χ1n) is 5.33. The standard InChI is InChI=1S/C13H12O4S/c14-7-9-1-3-10(4-2-9)18-8-12-11(13(15)16)5-6-17-12/h1-6,14H,7-8H2,(H,15,16). The van der Waals surface area contributed by atoms with Crippen LogP contribution in [0, 0.1) is 0 Å². The third kappa shape index (κ3) is 2.94. The van der Waals surface area contributed by atoms with Crippen LogP contribution in [-0.2, 0) is 12.4 Å². The molecule has 0 unspecified atom stereocenters. The summed E-state index contributed by atoms with van der Waals surface area (Å²) in [6.45, 7) is 0.0201. The van der Waals surface area contributed by atoms with Gasteiger partial charge in [-0.25, -0.2) is 4.79 Å². The monoisotopic (exact) mass is 264 g/mol. The molecule has 4 nitrogen and oxygen atoms in total. The van der Waals surface area contributed by atoms with E-state index in [9.17, 15) is 4.79 Å². The van der Waals surface area contributed by atoms with E-state index in [1.807, 2.05) is 24.3 Å². The number of benzene rings is 1. The van der Waals surface area contributed by atoms with E-state index >= 15 is 0 Å². The van der Waals surface area contributed by atoms with Crippen molar-refractivity contribution in [1.29, 1.82) is 0 Å². The number of carbonyl (C=O) groups is 1. The van der Waals surface area contributed by atoms with E-state index in [4.69, 9.17) is 14.6 Å². The Morgan fingerprint density at radius 2 is 1.94 bits per heavy atom. The molecule has 1 heterocycles. The van der Waals surface area contributed by atoms with Crippen molar-refractivity contribution in [2.45, 2.75) is 17.3 Å². The first-order chi connectivity index (χ1) is 8.70. The van der Waals surface area contributed by atoms with E-state index in [1.54, 1.807) is 0 Å². The molecule has 0 aliphatic carbocycles. The lowest BCUT2D eigenvalue weighted by Gasteiger charge is -2.02. The minimum Gasteiger partial charge on any atom is -0.478 e. The van der Waals surface area contributed by atoms with Crippen molar-refractivity contribution >= 4 is 17.7 Å². The quantitative estimate of drug-likeness (QED) is 0.812. The Kier molecular flexibility index (Phi) is 4.07. The Hall–Kier alpha value is -1.72. The summed E-state index contributed by atoms with van der Waals surface area (Å²) in [5, 5.41) is 17.8. The van der Waals surface area contributed by atoms with Gasteiger partial charge in [0.25, 0.3) is 0 Å². The van der Waals surface area contributed by atoms with E-state index in [2.05, 4.69) is 0 Å². The summed E-state index contributed by atoms with van der Waals surface area (Å²) < 4.78 is 5.15. The van der Waals surface area contributed by atoms with Crippen LogP contribution in [0.3, 0.4) is 0 Å². The van der Waals surface area contributed by atoms with Crippen molar-refractivity contribution in [3.05, 3.63) is 53.5 Å². The maximum Gasteiger partial charge on any atom is 0.339 e. The van der Waals surface area contributed by atoms with Gasteiger partial charge in [-0.2, -0.15) is 0 Å². The number of aliphatic hydroxyl groups is 1. The number of aliphatic hydroxyl groups excluding tert-OH is 1. The van der Waals surface area contributed by atoms with E-state index in [0.29, 0.717) is 11.5 Å². The molecule has 2 aromatic rings. The van der Waals surface area contributed by atoms with Crippen LogP contribution in [0.5, 0.6) is 0 Å². The Morgan fingerprint density at radius 3 is 2.56 bits per heavy atom. The lowest BCUT2D eigenvalue weighted by Crippen LogP contribution is -1.97. The number of thioether (sulfide) groups is 1. The summed E-state index contributed by atoms with van der Waals surface area (Å²) in [5.74, 6) is -0.0543. The Bertz CT molecular complexity index is 530. The Morgan fingerprint density at radius 1 is 1.22 bits per heavy atom. The highest BCUT2D eigenvalue weighted by Gasteiger charge is 2.13. The zero-order valence-corrected chi connectivity index (χ0v) is 10.3. The highest BCUT2D eigenvalue weighted by atomic mass is 32.2. The van der Waals surface area contributed by atoms with E-state index in [0.717, 1.165) is 10.5 Å². The van der Waals surface area contributed by atoms with Gasteiger partial charge < -0.3 is 14.6 Å². The predicted octanol–water partition coefficient (Wildman–Crippen LogP) is 2.76. The Labute approximate surface area is 108 Å². The zero-order chi connectivity index (χ0) is 13.0. The smallest absolute Gasteiger partial charge is 0.339 e. The maximum atomic E-state index is 10.9. The fraction of sp³-hybridized carbons (Fsp3) is 0.154. The normalized spacial score (nSPS) is 10.5. The van der Waals surface area contributed by atoms with Crippen LogP contribution in [0.2, 0.25) is 0 Å². The van der Waals surface area contributed by atoms with Crippen molar-refractivity contribution < 1.29 is 19.4 Å². The molecule has 0 saturated carbocycles. The summed E-state index contributed by atoms with van der Waals surface area (Å²) >= 11 is 1.49. The number of furan rings is 1. The molecule has 0 aliphatic heterocycles. The highest BCUT2D eigenvalue weighted by molar-refractivity contribution is 7.98. The first-order valence-corrected chi connectivity index (χ1v) is 6.31. The van der Waals surface area contributed by atoms with Gasteiger partial charge in [0, 0.05) is 4.90 Å². The average molecular weight is 264 g/mol. The zero-order valence-electron chi connectivity index (χ0n) is 9.50. The SMILES string of the molecule is O=C(O)c1ccoc1CSc1ccc(CO)cc1. The number of hydrogen-bond acceptors (Lipinski definition) is 4. The lowest BCUT2D eigenvalue weighted by atomic mass is 10.2. The fourth-order valence-corrected chi connectivity index (χ4v) is 2.33. The molecule has 0 fully saturated rings. The van der Waals surface area contributed by atoms with E-state index in [1.165, 1.54) is 24.1 Å². The lowest BCUT2D eigenvalue weighted by molar-refractivity contribution is 0.0695. The van der Waals surface area contributed by atoms with Gasteiger partial charge in [-0.3, -0.25) is 0 Å². The molecule has 0 saturated heterocycles. The van der Waals surface area contributed by atoms with Gasteiger partial charge >= 0.3 is 5.97 Å². The predicted molar refractivity (Wildman–Crippen MR) is 67.6 cm³/mol. The second-order valence-corrected chi connectivity index (χ2v) is 4.70. The van der Waals surface area contributed by atoms with Gasteiger partial charge in [0.2, 0.25) is 0 Å². The number of carboxylic acids is 1. The summed E-state index contributed by atoms with van der Waals surface area (Å²) in [5.41, 5.74) is 1.05. The van der Waals surface area contributed by atoms with Gasteiger partial charge in [0.1, 0.15) is 11.3 Å². The van der Waals surface area contributed by atoms with Crippen LogP contribution < -0.4 is 0 Å². The van der Waals surface area contributed by atoms with Crippen molar-refractivity contribution in [1.82, 2.24) is 0 Å². The molecule has 5 heteroatoms. The van der Waals surface area contributed by atoms with Gasteiger partial charge in [0.05, 0.1) is 18.6 Å². The third-order valence-corrected chi connectivity index (χ3v) is 3.46. The van der Waals surface area contributed by atoms with Crippen LogP contribution in [-0.4, -0.2) is 16.2 Å². The molecule has 2 rings (SSSR count). The van der Waals surface area contributed by atoms with E-state index in [-0.39, 0.29) is 12.2 Å². The molecule has 0 spiro atoms. The number of rotatable bonds is 5. The second kappa shape index (κ2) is 5.75. The minimum atomic E-state index is -0.977. The van der Waals surface area contributed by atoms with Crippen LogP contribution in [0.15, 0.2) is 45.9 Å². The van der Waals surface area contributed by atoms with Crippen LogP contribution in [0.4, 0.5) is 0 Å². The number of carboxylic acid groups (broad SMARTS) is 1. The first kappa shape index (κ1) is 12.7. The van der Waals surface area contributed by atoms with Gasteiger partial charge in [0.15, 0.2) is 0 Å². The minimum absolute atomic E-state index is 0.0201. The molecule has 1 aromatic carbocycles. The third-order valence-electron chi connectivity index (χ3n) is 2.45. The summed E-state index contributed by atoms with van der Waals surface area (Å²) in [4.78, 5) is 11.9. The summed E-state index contributed by atoms with van der Waals surface area (Å²) in [6, 6.07) is 8.90. The van der Waals surface area contributed by atoms with Gasteiger partial charge in [-0.05, 0) is 23.8 Å². The Balaban J connectivity index is 2.02. The molecule has 1 aromatic heterocycles. The molecular weight excluding hydrogens is 252 g/mol. The number of aromatic carboxylic acids is 1. The van der Waals surface area contributed by atoms with Crippen molar-refractivity contribution in [2.24, 2.45) is 0 Å². The molecule has 0 amide bonds. The van der Waals surface area contributed by atoms with Crippen molar-refractivity contribution in [3.8, 4) is 0 Å². The molecule has 2 N–H and O–H groups in total. The average Bonchev–Trinajstić information content (AvgIpc) is 2.85. The van der Waals surface area contributed by atoms with E-state index < -0.39 is 5.97 Å². The maximum absolute atomic E-state index is 10.9. The highest BCUT2D eigenvalue weighted by Crippen LogP contribution is 2.25. The van der Waals surface area contributed by atoms with Crippen LogP contribution in [0.25, 0.3) is 0 Å². The molecule has 0 radical (unpaired) electrons. The summed E-state index contributed by atoms with van der Waals surface area (Å²) in [7, 11) is 0. The van der Waals surface area contributed by atoms with Gasteiger partial charge in [-0.15, -0.1) is 11.8 Å². The van der Waals surface area contributed by atoms with Crippen molar-refractivity contribution in [3.63, 3.8) is 0 Å². The molecule has 0 atom stereocenters. The van der Waals surface area contributed by atoms with Gasteiger partial charge in [-0.1, -0.05) is 12.1 Å². The fourth-order valence-electron chi connectivity index (χ4n) is 1.48. The molecular formula is C13H12O4S.